The van der Waals surface area contributed by atoms with Gasteiger partial charge >= 0.3 is 5.97 Å². The van der Waals surface area contributed by atoms with Gasteiger partial charge in [-0.3, -0.25) is 19.0 Å². The molecule has 3 rings (SSSR count). The molecule has 0 spiro atoms. The smallest absolute Gasteiger partial charge is 0.308 e. The molecule has 0 radical (unpaired) electrons. The first-order valence-corrected chi connectivity index (χ1v) is 8.92. The molecule has 0 atom stereocenters. The maximum absolute atomic E-state index is 12.4. The molecule has 0 saturated carbocycles. The highest BCUT2D eigenvalue weighted by Crippen LogP contribution is 2.21. The minimum Gasteiger partial charge on any atom is -0.469 e. The Morgan fingerprint density at radius 2 is 2.12 bits per heavy atom. The number of aromatic nitrogens is 2. The summed E-state index contributed by atoms with van der Waals surface area (Å²) in [5.74, 6) is -0.517. The van der Waals surface area contributed by atoms with Crippen molar-refractivity contribution in [1.82, 2.24) is 14.5 Å². The highest BCUT2D eigenvalue weighted by molar-refractivity contribution is 7.13. The van der Waals surface area contributed by atoms with Crippen LogP contribution in [0, 0.1) is 5.92 Å². The van der Waals surface area contributed by atoms with Crippen LogP contribution in [0.5, 0.6) is 0 Å². The summed E-state index contributed by atoms with van der Waals surface area (Å²) in [6, 6.07) is 5.24. The van der Waals surface area contributed by atoms with E-state index in [1.54, 1.807) is 4.90 Å². The highest BCUT2D eigenvalue weighted by Gasteiger charge is 2.27. The van der Waals surface area contributed by atoms with Gasteiger partial charge in [-0.2, -0.15) is 0 Å². The number of carbonyl (C=O) groups is 2. The van der Waals surface area contributed by atoms with Crippen molar-refractivity contribution in [3.05, 3.63) is 40.3 Å². The van der Waals surface area contributed by atoms with E-state index in [0.717, 1.165) is 4.88 Å². The van der Waals surface area contributed by atoms with E-state index >= 15 is 0 Å². The fourth-order valence-electron chi connectivity index (χ4n) is 2.88. The summed E-state index contributed by atoms with van der Waals surface area (Å²) in [5, 5.41) is 1.92. The number of rotatable bonds is 4. The highest BCUT2D eigenvalue weighted by atomic mass is 32.1. The Labute approximate surface area is 148 Å². The van der Waals surface area contributed by atoms with Gasteiger partial charge in [0.05, 0.1) is 29.9 Å². The lowest BCUT2D eigenvalue weighted by atomic mass is 9.97. The zero-order valence-electron chi connectivity index (χ0n) is 13.9. The van der Waals surface area contributed by atoms with Crippen molar-refractivity contribution in [3.8, 4) is 10.6 Å². The van der Waals surface area contributed by atoms with Crippen molar-refractivity contribution in [1.29, 1.82) is 0 Å². The number of methoxy groups -OCH3 is 1. The number of hydrogen-bond donors (Lipinski definition) is 0. The molecule has 25 heavy (non-hydrogen) atoms. The zero-order chi connectivity index (χ0) is 17.8. The lowest BCUT2D eigenvalue weighted by molar-refractivity contribution is -0.149. The van der Waals surface area contributed by atoms with Gasteiger partial charge in [0.2, 0.25) is 5.91 Å². The van der Waals surface area contributed by atoms with E-state index in [4.69, 9.17) is 4.74 Å². The van der Waals surface area contributed by atoms with Crippen LogP contribution >= 0.6 is 11.3 Å². The number of nitrogens with zero attached hydrogens (tertiary/aromatic N) is 3. The first-order valence-electron chi connectivity index (χ1n) is 8.04. The molecule has 1 aliphatic rings. The van der Waals surface area contributed by atoms with Gasteiger partial charge in [-0.15, -0.1) is 11.3 Å². The predicted molar refractivity (Wildman–Crippen MR) is 93.1 cm³/mol. The number of esters is 1. The van der Waals surface area contributed by atoms with Gasteiger partial charge in [-0.1, -0.05) is 6.07 Å². The van der Waals surface area contributed by atoms with Crippen LogP contribution in [0.4, 0.5) is 0 Å². The third-order valence-electron chi connectivity index (χ3n) is 4.34. The Morgan fingerprint density at radius 1 is 1.36 bits per heavy atom. The number of thiophene rings is 1. The van der Waals surface area contributed by atoms with Gasteiger partial charge in [-0.05, 0) is 24.3 Å². The second-order valence-electron chi connectivity index (χ2n) is 5.90. The van der Waals surface area contributed by atoms with Gasteiger partial charge in [0.25, 0.3) is 5.56 Å². The Hall–Kier alpha value is -2.48. The molecule has 3 heterocycles. The van der Waals surface area contributed by atoms with E-state index in [9.17, 15) is 14.4 Å². The van der Waals surface area contributed by atoms with Crippen molar-refractivity contribution in [2.24, 2.45) is 5.92 Å². The molecule has 1 fully saturated rings. The quantitative estimate of drug-likeness (QED) is 0.769. The molecule has 0 unspecified atom stereocenters. The standard InChI is InChI=1S/C17H19N3O4S/c1-24-17(23)12-4-6-19(7-5-12)16(22)10-20-11-18-13(9-15(20)21)14-3-2-8-25-14/h2-3,8-9,11-12H,4-7,10H2,1H3. The summed E-state index contributed by atoms with van der Waals surface area (Å²) in [6.45, 7) is 0.946. The Kier molecular flexibility index (Phi) is 5.28. The SMILES string of the molecule is COC(=O)C1CCN(C(=O)Cn2cnc(-c3cccs3)cc2=O)CC1. The molecule has 1 saturated heterocycles. The summed E-state index contributed by atoms with van der Waals surface area (Å²) < 4.78 is 6.05. The Morgan fingerprint density at radius 3 is 2.72 bits per heavy atom. The summed E-state index contributed by atoms with van der Waals surface area (Å²) in [4.78, 5) is 43.0. The molecule has 0 bridgehead atoms. The minimum absolute atomic E-state index is 0.0422. The van der Waals surface area contributed by atoms with Crippen molar-refractivity contribution in [2.45, 2.75) is 19.4 Å². The molecule has 7 nitrogen and oxygen atoms in total. The van der Waals surface area contributed by atoms with Crippen LogP contribution in [0.15, 0.2) is 34.7 Å². The van der Waals surface area contributed by atoms with Crippen molar-refractivity contribution < 1.29 is 14.3 Å². The third-order valence-corrected chi connectivity index (χ3v) is 5.23. The van der Waals surface area contributed by atoms with Gasteiger partial charge in [0.15, 0.2) is 0 Å². The lowest BCUT2D eigenvalue weighted by Crippen LogP contribution is -2.43. The van der Waals surface area contributed by atoms with E-state index in [2.05, 4.69) is 4.98 Å². The van der Waals surface area contributed by atoms with Gasteiger partial charge < -0.3 is 9.64 Å². The fourth-order valence-corrected chi connectivity index (χ4v) is 3.57. The first-order chi connectivity index (χ1) is 12.1. The maximum atomic E-state index is 12.4. The van der Waals surface area contributed by atoms with Gasteiger partial charge in [0.1, 0.15) is 6.54 Å². The average Bonchev–Trinajstić information content (AvgIpc) is 3.17. The normalized spacial score (nSPS) is 15.2. The van der Waals surface area contributed by atoms with Crippen LogP contribution in [0.1, 0.15) is 12.8 Å². The minimum atomic E-state index is -0.254. The number of amides is 1. The van der Waals surface area contributed by atoms with Crippen LogP contribution < -0.4 is 5.56 Å². The summed E-state index contributed by atoms with van der Waals surface area (Å²) in [5.41, 5.74) is 0.360. The molecule has 0 aliphatic carbocycles. The number of carbonyl (C=O) groups excluding carboxylic acids is 2. The molecule has 1 amide bonds. The van der Waals surface area contributed by atoms with E-state index in [-0.39, 0.29) is 29.9 Å². The number of ether oxygens (including phenoxy) is 1. The molecular weight excluding hydrogens is 342 g/mol. The van der Waals surface area contributed by atoms with Crippen molar-refractivity contribution in [2.75, 3.05) is 20.2 Å². The second-order valence-corrected chi connectivity index (χ2v) is 6.84. The summed E-state index contributed by atoms with van der Waals surface area (Å²) in [6.07, 6.45) is 2.59. The van der Waals surface area contributed by atoms with Crippen LogP contribution in [0.2, 0.25) is 0 Å². The molecule has 2 aromatic heterocycles. The molecule has 8 heteroatoms. The average molecular weight is 361 g/mol. The van der Waals surface area contributed by atoms with E-state index in [1.807, 2.05) is 17.5 Å². The number of likely N-dealkylation sites (tertiary alicyclic amines) is 1. The van der Waals surface area contributed by atoms with Gasteiger partial charge in [0, 0.05) is 19.2 Å². The summed E-state index contributed by atoms with van der Waals surface area (Å²) >= 11 is 1.51. The molecule has 2 aromatic rings. The van der Waals surface area contributed by atoms with Crippen LogP contribution in [0.25, 0.3) is 10.6 Å². The van der Waals surface area contributed by atoms with Crippen LogP contribution in [0.3, 0.4) is 0 Å². The van der Waals surface area contributed by atoms with E-state index in [0.29, 0.717) is 31.6 Å². The largest absolute Gasteiger partial charge is 0.469 e. The molecule has 0 N–H and O–H groups in total. The van der Waals surface area contributed by atoms with E-state index < -0.39 is 0 Å². The third kappa shape index (κ3) is 3.96. The molecule has 1 aliphatic heterocycles. The molecular formula is C17H19N3O4S. The molecule has 132 valence electrons. The maximum Gasteiger partial charge on any atom is 0.308 e. The van der Waals surface area contributed by atoms with Crippen molar-refractivity contribution in [3.63, 3.8) is 0 Å². The fraction of sp³-hybridized carbons (Fsp3) is 0.412. The van der Waals surface area contributed by atoms with Gasteiger partial charge in [-0.25, -0.2) is 4.98 Å². The monoisotopic (exact) mass is 361 g/mol. The summed E-state index contributed by atoms with van der Waals surface area (Å²) in [7, 11) is 1.37. The second kappa shape index (κ2) is 7.60. The number of hydrogen-bond acceptors (Lipinski definition) is 6. The number of piperidine rings is 1. The lowest BCUT2D eigenvalue weighted by Gasteiger charge is -2.30. The zero-order valence-corrected chi connectivity index (χ0v) is 14.7. The molecule has 0 aromatic carbocycles. The Bertz CT molecular complexity index is 808. The van der Waals surface area contributed by atoms with Crippen molar-refractivity contribution >= 4 is 23.2 Å². The topological polar surface area (TPSA) is 81.5 Å². The van der Waals surface area contributed by atoms with Crippen LogP contribution in [-0.4, -0.2) is 46.5 Å². The Balaban J connectivity index is 1.62. The van der Waals surface area contributed by atoms with Crippen LogP contribution in [-0.2, 0) is 20.9 Å². The predicted octanol–water partition coefficient (Wildman–Crippen LogP) is 1.38. The van der Waals surface area contributed by atoms with E-state index in [1.165, 1.54) is 35.4 Å². The first kappa shape index (κ1) is 17.3.